The van der Waals surface area contributed by atoms with Crippen molar-refractivity contribution in [1.82, 2.24) is 0 Å². The average Bonchev–Trinajstić information content (AvgIpc) is 2.04. The predicted octanol–water partition coefficient (Wildman–Crippen LogP) is 3.54. The van der Waals surface area contributed by atoms with Crippen LogP contribution in [0.2, 0.25) is 0 Å². The molecule has 0 spiro atoms. The molecule has 0 aromatic carbocycles. The Morgan fingerprint density at radius 3 is 2.25 bits per heavy atom. The zero-order valence-corrected chi connectivity index (χ0v) is 9.62. The third-order valence-corrected chi connectivity index (χ3v) is 3.17. The summed E-state index contributed by atoms with van der Waals surface area (Å²) in [6.07, 6.45) is 2.36. The van der Waals surface area contributed by atoms with Crippen molar-refractivity contribution in [2.75, 3.05) is 12.4 Å². The van der Waals surface area contributed by atoms with E-state index in [2.05, 4.69) is 27.7 Å². The molecule has 12 heavy (non-hydrogen) atoms. The van der Waals surface area contributed by atoms with E-state index in [1.165, 1.54) is 12.2 Å². The van der Waals surface area contributed by atoms with E-state index in [0.29, 0.717) is 11.4 Å². The Balaban J connectivity index is 3.55. The summed E-state index contributed by atoms with van der Waals surface area (Å²) in [4.78, 5) is 0. The largest absolute Gasteiger partial charge is 0.367 e. The van der Waals surface area contributed by atoms with E-state index in [9.17, 15) is 0 Å². The van der Waals surface area contributed by atoms with E-state index in [4.69, 9.17) is 4.74 Å². The molecule has 0 amide bonds. The highest BCUT2D eigenvalue weighted by molar-refractivity contribution is 7.99. The Morgan fingerprint density at radius 1 is 1.17 bits per heavy atom. The van der Waals surface area contributed by atoms with E-state index in [1.54, 1.807) is 0 Å². The van der Waals surface area contributed by atoms with Gasteiger partial charge in [-0.3, -0.25) is 0 Å². The fraction of sp³-hybridized carbons (Fsp3) is 1.00. The first-order valence-electron chi connectivity index (χ1n) is 4.95. The average molecular weight is 190 g/mol. The summed E-state index contributed by atoms with van der Waals surface area (Å²) in [6.45, 7) is 9.72. The summed E-state index contributed by atoms with van der Waals surface area (Å²) in [5.41, 5.74) is 0.407. The van der Waals surface area contributed by atoms with Crippen LogP contribution in [0.1, 0.15) is 40.5 Å². The summed E-state index contributed by atoms with van der Waals surface area (Å²) in [5.74, 6) is 1.85. The molecule has 0 aromatic heterocycles. The minimum atomic E-state index is 0.407. The van der Waals surface area contributed by atoms with Gasteiger partial charge in [-0.05, 0) is 24.5 Å². The third-order valence-electron chi connectivity index (χ3n) is 1.52. The lowest BCUT2D eigenvalue weighted by Gasteiger charge is -2.20. The number of thioether (sulfide) groups is 1. The molecule has 0 aliphatic heterocycles. The fourth-order valence-electron chi connectivity index (χ4n) is 0.901. The van der Waals surface area contributed by atoms with E-state index >= 15 is 0 Å². The second-order valence-electron chi connectivity index (χ2n) is 3.35. The number of hydrogen-bond donors (Lipinski definition) is 0. The highest BCUT2D eigenvalue weighted by Gasteiger charge is 2.12. The molecule has 0 aromatic rings. The number of rotatable bonds is 7. The van der Waals surface area contributed by atoms with Gasteiger partial charge in [0.1, 0.15) is 5.44 Å². The Kier molecular flexibility index (Phi) is 8.14. The molecule has 0 N–H and O–H groups in total. The van der Waals surface area contributed by atoms with Crippen LogP contribution in [0, 0.1) is 5.92 Å². The van der Waals surface area contributed by atoms with E-state index in [1.807, 2.05) is 11.8 Å². The van der Waals surface area contributed by atoms with Gasteiger partial charge < -0.3 is 4.74 Å². The Morgan fingerprint density at radius 2 is 1.83 bits per heavy atom. The molecule has 74 valence electrons. The van der Waals surface area contributed by atoms with Crippen molar-refractivity contribution in [3.63, 3.8) is 0 Å². The maximum absolute atomic E-state index is 5.72. The molecule has 0 aliphatic rings. The monoisotopic (exact) mass is 190 g/mol. The SMILES string of the molecule is CCCOC(SCCC)C(C)C. The summed E-state index contributed by atoms with van der Waals surface area (Å²) < 4.78 is 5.72. The summed E-state index contributed by atoms with van der Waals surface area (Å²) in [6, 6.07) is 0. The Labute approximate surface area is 81.3 Å². The molecule has 1 nitrogen and oxygen atoms in total. The van der Waals surface area contributed by atoms with Gasteiger partial charge in [0.05, 0.1) is 0 Å². The summed E-state index contributed by atoms with van der Waals surface area (Å²) in [7, 11) is 0. The second-order valence-corrected chi connectivity index (χ2v) is 4.56. The van der Waals surface area contributed by atoms with Gasteiger partial charge in [0, 0.05) is 6.61 Å². The van der Waals surface area contributed by atoms with Gasteiger partial charge in [-0.1, -0.05) is 27.7 Å². The normalized spacial score (nSPS) is 13.8. The van der Waals surface area contributed by atoms with Gasteiger partial charge in [0.25, 0.3) is 0 Å². The van der Waals surface area contributed by atoms with Crippen LogP contribution >= 0.6 is 11.8 Å². The van der Waals surface area contributed by atoms with Crippen LogP contribution in [0.4, 0.5) is 0 Å². The van der Waals surface area contributed by atoms with Gasteiger partial charge in [0.2, 0.25) is 0 Å². The number of ether oxygens (including phenoxy) is 1. The maximum atomic E-state index is 5.72. The van der Waals surface area contributed by atoms with Crippen molar-refractivity contribution in [3.8, 4) is 0 Å². The van der Waals surface area contributed by atoms with Gasteiger partial charge in [0.15, 0.2) is 0 Å². The molecule has 0 rings (SSSR count). The summed E-state index contributed by atoms with van der Waals surface area (Å²) in [5, 5.41) is 0. The van der Waals surface area contributed by atoms with Crippen molar-refractivity contribution < 1.29 is 4.74 Å². The Hall–Kier alpha value is 0.310. The molecule has 0 fully saturated rings. The molecule has 1 unspecified atom stereocenters. The van der Waals surface area contributed by atoms with Crippen molar-refractivity contribution in [3.05, 3.63) is 0 Å². The van der Waals surface area contributed by atoms with Crippen molar-refractivity contribution in [1.29, 1.82) is 0 Å². The highest BCUT2D eigenvalue weighted by atomic mass is 32.2. The van der Waals surface area contributed by atoms with Crippen molar-refractivity contribution in [2.24, 2.45) is 5.92 Å². The first kappa shape index (κ1) is 12.3. The van der Waals surface area contributed by atoms with Gasteiger partial charge in [-0.15, -0.1) is 11.8 Å². The van der Waals surface area contributed by atoms with Gasteiger partial charge in [-0.2, -0.15) is 0 Å². The lowest BCUT2D eigenvalue weighted by molar-refractivity contribution is 0.0842. The molecule has 0 radical (unpaired) electrons. The standard InChI is InChI=1S/C10H22OS/c1-5-7-11-10(9(3)4)12-8-6-2/h9-10H,5-8H2,1-4H3. The lowest BCUT2D eigenvalue weighted by Crippen LogP contribution is -2.16. The minimum Gasteiger partial charge on any atom is -0.367 e. The first-order valence-corrected chi connectivity index (χ1v) is 6.00. The molecule has 0 saturated carbocycles. The molecule has 2 heteroatoms. The number of hydrogen-bond acceptors (Lipinski definition) is 2. The fourth-order valence-corrected chi connectivity index (χ4v) is 1.95. The van der Waals surface area contributed by atoms with Crippen LogP contribution in [0.3, 0.4) is 0 Å². The van der Waals surface area contributed by atoms with E-state index < -0.39 is 0 Å². The smallest absolute Gasteiger partial charge is 0.105 e. The van der Waals surface area contributed by atoms with Crippen LogP contribution in [-0.2, 0) is 4.74 Å². The van der Waals surface area contributed by atoms with E-state index in [-0.39, 0.29) is 0 Å². The zero-order valence-electron chi connectivity index (χ0n) is 8.80. The quantitative estimate of drug-likeness (QED) is 0.568. The van der Waals surface area contributed by atoms with E-state index in [0.717, 1.165) is 13.0 Å². The topological polar surface area (TPSA) is 9.23 Å². The maximum Gasteiger partial charge on any atom is 0.105 e. The second kappa shape index (κ2) is 7.93. The molecular weight excluding hydrogens is 168 g/mol. The van der Waals surface area contributed by atoms with Crippen LogP contribution in [0.25, 0.3) is 0 Å². The molecule has 1 atom stereocenters. The van der Waals surface area contributed by atoms with Crippen LogP contribution < -0.4 is 0 Å². The minimum absolute atomic E-state index is 0.407. The molecule has 0 bridgehead atoms. The Bertz CT molecular complexity index is 85.8. The third kappa shape index (κ3) is 5.90. The van der Waals surface area contributed by atoms with Crippen LogP contribution in [0.15, 0.2) is 0 Å². The van der Waals surface area contributed by atoms with Crippen LogP contribution in [0.5, 0.6) is 0 Å². The lowest BCUT2D eigenvalue weighted by atomic mass is 10.2. The highest BCUT2D eigenvalue weighted by Crippen LogP contribution is 2.21. The molecular formula is C10H22OS. The first-order chi connectivity index (χ1) is 5.72. The molecule has 0 aliphatic carbocycles. The summed E-state index contributed by atoms with van der Waals surface area (Å²) >= 11 is 1.95. The van der Waals surface area contributed by atoms with Gasteiger partial charge in [-0.25, -0.2) is 0 Å². The van der Waals surface area contributed by atoms with Gasteiger partial charge >= 0.3 is 0 Å². The van der Waals surface area contributed by atoms with Crippen LogP contribution in [-0.4, -0.2) is 17.8 Å². The van der Waals surface area contributed by atoms with Crippen molar-refractivity contribution in [2.45, 2.75) is 46.0 Å². The molecule has 0 heterocycles. The molecule has 0 saturated heterocycles. The zero-order chi connectivity index (χ0) is 9.40. The van der Waals surface area contributed by atoms with Crippen molar-refractivity contribution >= 4 is 11.8 Å². The predicted molar refractivity (Wildman–Crippen MR) is 57.6 cm³/mol.